The molecule has 0 aliphatic rings. The van der Waals surface area contributed by atoms with Crippen molar-refractivity contribution in [1.82, 2.24) is 0 Å². The Bertz CT molecular complexity index is 4090. The lowest BCUT2D eigenvalue weighted by molar-refractivity contribution is 0.457. The van der Waals surface area contributed by atoms with E-state index in [0.29, 0.717) is 39.2 Å². The van der Waals surface area contributed by atoms with Crippen LogP contribution in [-0.4, -0.2) is 6.15 Å². The van der Waals surface area contributed by atoms with E-state index in [4.69, 9.17) is 0 Å². The molecule has 0 nitrogen and oxygen atoms in total. The molecule has 12 aromatic rings. The van der Waals surface area contributed by atoms with Crippen LogP contribution < -0.4 is 21.9 Å². The van der Waals surface area contributed by atoms with Crippen molar-refractivity contribution >= 4 is 75.0 Å². The van der Waals surface area contributed by atoms with Crippen LogP contribution >= 0.6 is 47.0 Å². The number of hydrogen-bond donors (Lipinski definition) is 0. The third-order valence-electron chi connectivity index (χ3n) is 15.4. The van der Waals surface area contributed by atoms with Gasteiger partial charge in [0.2, 0.25) is 0 Å². The Morgan fingerprint density at radius 1 is 0.161 bits per heavy atom. The first kappa shape index (κ1) is 64.1. The van der Waals surface area contributed by atoms with Crippen molar-refractivity contribution in [1.29, 1.82) is 0 Å². The zero-order valence-electron chi connectivity index (χ0n) is 47.0. The van der Waals surface area contributed by atoms with Crippen LogP contribution in [0.5, 0.6) is 0 Å². The average molecular weight is 1340 g/mol. The van der Waals surface area contributed by atoms with E-state index in [-0.39, 0.29) is 0 Å². The standard InChI is InChI=1S/C72H36BF16S4/c74-57-49(37-21-29-45(30-22-37)90-41-13-5-1-6-14-41)58(75)66(83)53(65(57)82)73(54-67(84)59(76)50(60(77)68(54)85)38-23-31-46(32-24-38)91-42-15-7-2-8-16-42,55-69(86)61(78)51(62(79)70(55)87)39-25-33-47(34-26-39)92-43-17-9-3-10-18-43)56-71(88)63(80)52(64(81)72(56)89)40-27-35-48(36-28-40)93-44-19-11-4-12-20-44/h1-36H/q-1. The molecule has 0 aliphatic heterocycles. The Morgan fingerprint density at radius 3 is 0.452 bits per heavy atom. The number of halogens is 16. The number of rotatable bonds is 16. The zero-order valence-corrected chi connectivity index (χ0v) is 50.3. The van der Waals surface area contributed by atoms with Gasteiger partial charge in [0.25, 0.3) is 0 Å². The van der Waals surface area contributed by atoms with Crippen LogP contribution in [0, 0.1) is 93.1 Å². The molecule has 0 radical (unpaired) electrons. The van der Waals surface area contributed by atoms with Gasteiger partial charge in [-0.3, -0.25) is 0 Å². The summed E-state index contributed by atoms with van der Waals surface area (Å²) in [6.07, 6.45) is -7.01. The van der Waals surface area contributed by atoms with Crippen molar-refractivity contribution in [3.8, 4) is 44.5 Å². The van der Waals surface area contributed by atoms with Crippen LogP contribution in [0.25, 0.3) is 44.5 Å². The summed E-state index contributed by atoms with van der Waals surface area (Å²) in [6, 6.07) is 50.3. The van der Waals surface area contributed by atoms with Gasteiger partial charge in [-0.2, -0.15) is 0 Å². The Labute approximate surface area is 537 Å². The van der Waals surface area contributed by atoms with Gasteiger partial charge in [-0.25, -0.2) is 70.2 Å². The first-order valence-corrected chi connectivity index (χ1v) is 31.0. The zero-order chi connectivity index (χ0) is 65.6. The van der Waals surface area contributed by atoms with E-state index in [1.165, 1.54) is 48.5 Å². The minimum absolute atomic E-state index is 0.340. The highest BCUT2D eigenvalue weighted by molar-refractivity contribution is 8.00. The Hall–Kier alpha value is -9.02. The quantitative estimate of drug-likeness (QED) is 0.0537. The molecule has 0 fully saturated rings. The van der Waals surface area contributed by atoms with Crippen molar-refractivity contribution in [3.63, 3.8) is 0 Å². The van der Waals surface area contributed by atoms with Crippen molar-refractivity contribution in [2.45, 2.75) is 39.2 Å². The molecule has 0 aromatic heterocycles. The summed E-state index contributed by atoms with van der Waals surface area (Å²) in [5.41, 5.74) is -22.5. The second-order valence-electron chi connectivity index (χ2n) is 20.8. The van der Waals surface area contributed by atoms with Crippen LogP contribution in [0.2, 0.25) is 0 Å². The first-order chi connectivity index (χ1) is 44.8. The Morgan fingerprint density at radius 2 is 0.301 bits per heavy atom. The maximum atomic E-state index is 18.2. The van der Waals surface area contributed by atoms with E-state index in [9.17, 15) is 0 Å². The minimum Gasteiger partial charge on any atom is -0.207 e. The van der Waals surface area contributed by atoms with Gasteiger partial charge in [0.05, 0.1) is 22.3 Å². The molecule has 464 valence electrons. The summed E-state index contributed by atoms with van der Waals surface area (Å²) >= 11 is 4.35. The molecule has 21 heteroatoms. The molecule has 0 unspecified atom stereocenters. The van der Waals surface area contributed by atoms with Crippen LogP contribution in [-0.2, 0) is 0 Å². The smallest absolute Gasteiger partial charge is 0.166 e. The highest BCUT2D eigenvalue weighted by atomic mass is 32.2. The largest absolute Gasteiger partial charge is 0.207 e. The van der Waals surface area contributed by atoms with Crippen molar-refractivity contribution in [2.75, 3.05) is 0 Å². The van der Waals surface area contributed by atoms with E-state index in [0.717, 1.165) is 95.6 Å². The lowest BCUT2D eigenvalue weighted by Crippen LogP contribution is -2.81. The summed E-state index contributed by atoms with van der Waals surface area (Å²) in [4.78, 5) is 3.88. The molecular formula is C72H36BF16S4-. The minimum atomic E-state index is -7.01. The Balaban J connectivity index is 1.17. The van der Waals surface area contributed by atoms with Crippen molar-refractivity contribution in [2.24, 2.45) is 0 Å². The highest BCUT2D eigenvalue weighted by Crippen LogP contribution is 2.42. The molecule has 0 aliphatic carbocycles. The fraction of sp³-hybridized carbons (Fsp3) is 0. The highest BCUT2D eigenvalue weighted by Gasteiger charge is 2.52. The molecule has 12 rings (SSSR count). The van der Waals surface area contributed by atoms with Crippen LogP contribution in [0.15, 0.2) is 258 Å². The second kappa shape index (κ2) is 26.5. The van der Waals surface area contributed by atoms with Crippen LogP contribution in [0.3, 0.4) is 0 Å². The molecule has 0 saturated carbocycles. The summed E-state index contributed by atoms with van der Waals surface area (Å²) in [6.45, 7) is 0. The molecular weight excluding hydrogens is 1310 g/mol. The van der Waals surface area contributed by atoms with E-state index < -0.39 is 166 Å². The van der Waals surface area contributed by atoms with E-state index in [2.05, 4.69) is 0 Å². The van der Waals surface area contributed by atoms with Gasteiger partial charge in [0, 0.05) is 39.2 Å². The van der Waals surface area contributed by atoms with Gasteiger partial charge in [0.15, 0.2) is 46.5 Å². The number of benzene rings is 12. The maximum Gasteiger partial charge on any atom is 0.166 e. The van der Waals surface area contributed by atoms with Gasteiger partial charge in [-0.1, -0.05) is 168 Å². The van der Waals surface area contributed by atoms with Gasteiger partial charge in [0.1, 0.15) is 52.7 Å². The van der Waals surface area contributed by atoms with Crippen molar-refractivity contribution < 1.29 is 70.2 Å². The lowest BCUT2D eigenvalue weighted by atomic mass is 9.12. The number of hydrogen-bond acceptors (Lipinski definition) is 4. The normalized spacial score (nSPS) is 11.6. The fourth-order valence-corrected chi connectivity index (χ4v) is 14.6. The average Bonchev–Trinajstić information content (AvgIpc) is 0.680. The van der Waals surface area contributed by atoms with E-state index >= 15 is 70.2 Å². The summed E-state index contributed by atoms with van der Waals surface area (Å²) in [5, 5.41) is 0. The topological polar surface area (TPSA) is 0 Å². The van der Waals surface area contributed by atoms with Crippen LogP contribution in [0.1, 0.15) is 0 Å². The molecule has 0 atom stereocenters. The predicted octanol–water partition coefficient (Wildman–Crippen LogP) is 20.6. The summed E-state index contributed by atoms with van der Waals surface area (Å²) < 4.78 is 287. The fourth-order valence-electron chi connectivity index (χ4n) is 11.3. The van der Waals surface area contributed by atoms with Gasteiger partial charge in [-0.15, -0.1) is 21.9 Å². The molecule has 0 spiro atoms. The summed E-state index contributed by atoms with van der Waals surface area (Å²) in [5.74, 6) is -47.2. The monoisotopic (exact) mass is 1340 g/mol. The molecule has 0 saturated heterocycles. The SMILES string of the molecule is Fc1c(F)c([B-](c2c(F)c(F)c(-c3ccc(Sc4ccccc4)cc3)c(F)c2F)(c2c(F)c(F)c(-c3ccc(Sc4ccccc4)cc3)c(F)c2F)c2c(F)c(F)c(-c3ccc(Sc4ccccc4)cc3)c(F)c2F)c(F)c(F)c1-c1ccc(Sc2ccccc2)cc1. The molecule has 0 amide bonds. The van der Waals surface area contributed by atoms with Gasteiger partial charge in [-0.05, 0) is 119 Å². The first-order valence-electron chi connectivity index (χ1n) is 27.7. The van der Waals surface area contributed by atoms with E-state index in [1.54, 1.807) is 121 Å². The predicted molar refractivity (Wildman–Crippen MR) is 333 cm³/mol. The molecule has 93 heavy (non-hydrogen) atoms. The molecule has 0 bridgehead atoms. The molecule has 12 aromatic carbocycles. The molecule has 0 heterocycles. The third-order valence-corrected chi connectivity index (χ3v) is 19.5. The van der Waals surface area contributed by atoms with Crippen LogP contribution in [0.4, 0.5) is 70.2 Å². The van der Waals surface area contributed by atoms with E-state index in [1.807, 2.05) is 0 Å². The van der Waals surface area contributed by atoms with Crippen molar-refractivity contribution in [3.05, 3.63) is 311 Å². The van der Waals surface area contributed by atoms with Gasteiger partial charge >= 0.3 is 0 Å². The third kappa shape index (κ3) is 11.8. The Kier molecular flexibility index (Phi) is 18.3. The summed E-state index contributed by atoms with van der Waals surface area (Å²) in [7, 11) is 0. The molecule has 0 N–H and O–H groups in total. The van der Waals surface area contributed by atoms with Gasteiger partial charge < -0.3 is 0 Å². The second-order valence-corrected chi connectivity index (χ2v) is 25.4. The maximum absolute atomic E-state index is 18.2. The lowest BCUT2D eigenvalue weighted by Gasteiger charge is -2.45.